The van der Waals surface area contributed by atoms with E-state index >= 15 is 0 Å². The summed E-state index contributed by atoms with van der Waals surface area (Å²) in [6.07, 6.45) is 2.19. The van der Waals surface area contributed by atoms with Crippen LogP contribution in [0.2, 0.25) is 0 Å². The molecule has 2 N–H and O–H groups in total. The lowest BCUT2D eigenvalue weighted by Gasteiger charge is -2.13. The predicted molar refractivity (Wildman–Crippen MR) is 104 cm³/mol. The smallest absolute Gasteiger partial charge is 0.230 e. The normalized spacial score (nSPS) is 11.9. The zero-order chi connectivity index (χ0) is 18.1. The van der Waals surface area contributed by atoms with Crippen molar-refractivity contribution in [1.82, 2.24) is 5.32 Å². The van der Waals surface area contributed by atoms with Crippen LogP contribution >= 0.6 is 11.8 Å². The molecule has 0 saturated carbocycles. The van der Waals surface area contributed by atoms with E-state index in [-0.39, 0.29) is 17.9 Å². The Balaban J connectivity index is 2.27. The first-order chi connectivity index (χ1) is 11.3. The Labute approximate surface area is 150 Å². The van der Waals surface area contributed by atoms with Gasteiger partial charge >= 0.3 is 0 Å². The lowest BCUT2D eigenvalue weighted by molar-refractivity contribution is -0.119. The van der Waals surface area contributed by atoms with Crippen molar-refractivity contribution in [3.63, 3.8) is 0 Å². The molecular formula is C19H30N2O2S. The zero-order valence-corrected chi connectivity index (χ0v) is 16.3. The van der Waals surface area contributed by atoms with Gasteiger partial charge in [-0.2, -0.15) is 11.8 Å². The second kappa shape index (κ2) is 10.4. The third-order valence-electron chi connectivity index (χ3n) is 3.89. The minimum Gasteiger partial charge on any atom is -0.353 e. The number of thioether (sulfide) groups is 1. The summed E-state index contributed by atoms with van der Waals surface area (Å²) >= 11 is 1.58. The van der Waals surface area contributed by atoms with E-state index in [4.69, 9.17) is 0 Å². The van der Waals surface area contributed by atoms with Crippen molar-refractivity contribution in [3.05, 3.63) is 28.8 Å². The Morgan fingerprint density at radius 2 is 1.75 bits per heavy atom. The SMILES string of the molecule is CC[C@@H](C)NC(=O)CSCCCC(=O)Nc1c(C)cc(C)cc1C. The summed E-state index contributed by atoms with van der Waals surface area (Å²) in [7, 11) is 0. The van der Waals surface area contributed by atoms with E-state index in [0.717, 1.165) is 35.4 Å². The number of aryl methyl sites for hydroxylation is 3. The number of rotatable bonds is 9. The van der Waals surface area contributed by atoms with Crippen molar-refractivity contribution in [1.29, 1.82) is 0 Å². The zero-order valence-electron chi connectivity index (χ0n) is 15.5. The molecule has 1 aromatic carbocycles. The van der Waals surface area contributed by atoms with Crippen LogP contribution in [0.3, 0.4) is 0 Å². The highest BCUT2D eigenvalue weighted by atomic mass is 32.2. The molecule has 0 aliphatic carbocycles. The third kappa shape index (κ3) is 7.39. The number of amides is 2. The Morgan fingerprint density at radius 1 is 1.12 bits per heavy atom. The van der Waals surface area contributed by atoms with Crippen molar-refractivity contribution in [2.24, 2.45) is 0 Å². The minimum atomic E-state index is 0.0368. The lowest BCUT2D eigenvalue weighted by Crippen LogP contribution is -2.33. The molecule has 1 aromatic rings. The number of hydrogen-bond donors (Lipinski definition) is 2. The molecule has 2 amide bonds. The molecule has 0 unspecified atom stereocenters. The highest BCUT2D eigenvalue weighted by Crippen LogP contribution is 2.22. The maximum atomic E-state index is 12.1. The summed E-state index contributed by atoms with van der Waals surface area (Å²) in [5, 5.41) is 5.95. The van der Waals surface area contributed by atoms with Crippen molar-refractivity contribution in [2.75, 3.05) is 16.8 Å². The first-order valence-corrected chi connectivity index (χ1v) is 9.73. The first-order valence-electron chi connectivity index (χ1n) is 8.58. The molecule has 0 aliphatic rings. The Morgan fingerprint density at radius 3 is 2.33 bits per heavy atom. The average molecular weight is 351 g/mol. The van der Waals surface area contributed by atoms with Gasteiger partial charge < -0.3 is 10.6 Å². The van der Waals surface area contributed by atoms with Gasteiger partial charge in [0.25, 0.3) is 0 Å². The molecule has 134 valence electrons. The third-order valence-corrected chi connectivity index (χ3v) is 4.93. The van der Waals surface area contributed by atoms with E-state index in [9.17, 15) is 9.59 Å². The second-order valence-corrected chi connectivity index (χ2v) is 7.46. The summed E-state index contributed by atoms with van der Waals surface area (Å²) in [6, 6.07) is 4.38. The predicted octanol–water partition coefficient (Wildman–Crippen LogP) is 3.98. The standard InChI is InChI=1S/C19H30N2O2S/c1-6-16(5)20-18(23)12-24-9-7-8-17(22)21-19-14(3)10-13(2)11-15(19)4/h10-11,16H,6-9,12H2,1-5H3,(H,20,23)(H,21,22)/t16-/m1/s1. The highest BCUT2D eigenvalue weighted by Gasteiger charge is 2.09. The molecule has 0 fully saturated rings. The number of hydrogen-bond acceptors (Lipinski definition) is 3. The van der Waals surface area contributed by atoms with Crippen LogP contribution in [0, 0.1) is 20.8 Å². The van der Waals surface area contributed by atoms with E-state index in [0.29, 0.717) is 12.2 Å². The summed E-state index contributed by atoms with van der Waals surface area (Å²) in [4.78, 5) is 23.7. The van der Waals surface area contributed by atoms with Gasteiger partial charge in [-0.05, 0) is 57.4 Å². The van der Waals surface area contributed by atoms with E-state index in [1.54, 1.807) is 11.8 Å². The van der Waals surface area contributed by atoms with Crippen LogP contribution < -0.4 is 10.6 Å². The molecule has 0 heterocycles. The average Bonchev–Trinajstić information content (AvgIpc) is 2.50. The number of anilines is 1. The maximum absolute atomic E-state index is 12.1. The summed E-state index contributed by atoms with van der Waals surface area (Å²) < 4.78 is 0. The first kappa shape index (κ1) is 20.6. The molecule has 0 saturated heterocycles. The Kier molecular flexibility index (Phi) is 8.90. The number of carbonyl (C=O) groups is 2. The lowest BCUT2D eigenvalue weighted by atomic mass is 10.0. The monoisotopic (exact) mass is 350 g/mol. The van der Waals surface area contributed by atoms with Crippen LogP contribution in [0.4, 0.5) is 5.69 Å². The number of benzene rings is 1. The minimum absolute atomic E-state index is 0.0368. The van der Waals surface area contributed by atoms with E-state index in [1.807, 2.05) is 27.7 Å². The fraction of sp³-hybridized carbons (Fsp3) is 0.579. The van der Waals surface area contributed by atoms with Crippen molar-refractivity contribution in [2.45, 2.75) is 59.9 Å². The molecule has 0 radical (unpaired) electrons. The molecule has 1 atom stereocenters. The molecule has 0 aromatic heterocycles. The molecule has 1 rings (SSSR count). The van der Waals surface area contributed by atoms with Gasteiger partial charge in [0.05, 0.1) is 5.75 Å². The topological polar surface area (TPSA) is 58.2 Å². The molecule has 5 heteroatoms. The Bertz CT molecular complexity index is 549. The van der Waals surface area contributed by atoms with Crippen LogP contribution in [0.25, 0.3) is 0 Å². The van der Waals surface area contributed by atoms with Crippen molar-refractivity contribution in [3.8, 4) is 0 Å². The molecule has 0 aliphatic heterocycles. The molecule has 0 spiro atoms. The Hall–Kier alpha value is -1.49. The quantitative estimate of drug-likeness (QED) is 0.662. The summed E-state index contributed by atoms with van der Waals surface area (Å²) in [6.45, 7) is 10.1. The highest BCUT2D eigenvalue weighted by molar-refractivity contribution is 7.99. The van der Waals surface area contributed by atoms with E-state index < -0.39 is 0 Å². The van der Waals surface area contributed by atoms with Gasteiger partial charge in [-0.25, -0.2) is 0 Å². The van der Waals surface area contributed by atoms with Crippen LogP contribution in [0.5, 0.6) is 0 Å². The van der Waals surface area contributed by atoms with Crippen LogP contribution in [0.15, 0.2) is 12.1 Å². The second-order valence-electron chi connectivity index (χ2n) is 6.35. The summed E-state index contributed by atoms with van der Waals surface area (Å²) in [5.41, 5.74) is 4.31. The van der Waals surface area contributed by atoms with Gasteiger partial charge in [0.1, 0.15) is 0 Å². The molecule has 24 heavy (non-hydrogen) atoms. The van der Waals surface area contributed by atoms with E-state index in [2.05, 4.69) is 29.7 Å². The maximum Gasteiger partial charge on any atom is 0.230 e. The van der Waals surface area contributed by atoms with Gasteiger partial charge in [-0.3, -0.25) is 9.59 Å². The van der Waals surface area contributed by atoms with Gasteiger partial charge in [-0.1, -0.05) is 24.6 Å². The number of nitrogens with one attached hydrogen (secondary N) is 2. The van der Waals surface area contributed by atoms with Crippen molar-refractivity contribution < 1.29 is 9.59 Å². The van der Waals surface area contributed by atoms with Gasteiger partial charge in [0, 0.05) is 18.2 Å². The molecule has 0 bridgehead atoms. The number of carbonyl (C=O) groups excluding carboxylic acids is 2. The van der Waals surface area contributed by atoms with Gasteiger partial charge in [0.15, 0.2) is 0 Å². The van der Waals surface area contributed by atoms with Crippen molar-refractivity contribution >= 4 is 29.3 Å². The van der Waals surface area contributed by atoms with Crippen LogP contribution in [-0.4, -0.2) is 29.4 Å². The fourth-order valence-electron chi connectivity index (χ4n) is 2.50. The van der Waals surface area contributed by atoms with E-state index in [1.165, 1.54) is 5.56 Å². The largest absolute Gasteiger partial charge is 0.353 e. The van der Waals surface area contributed by atoms with Crippen LogP contribution in [-0.2, 0) is 9.59 Å². The molecule has 4 nitrogen and oxygen atoms in total. The van der Waals surface area contributed by atoms with Gasteiger partial charge in [0.2, 0.25) is 11.8 Å². The molecular weight excluding hydrogens is 320 g/mol. The fourth-order valence-corrected chi connectivity index (χ4v) is 3.26. The van der Waals surface area contributed by atoms with Crippen LogP contribution in [0.1, 0.15) is 49.8 Å². The van der Waals surface area contributed by atoms with Gasteiger partial charge in [-0.15, -0.1) is 0 Å². The summed E-state index contributed by atoms with van der Waals surface area (Å²) in [5.74, 6) is 1.38.